The molecule has 2 aromatic rings. The predicted octanol–water partition coefficient (Wildman–Crippen LogP) is 2.73. The van der Waals surface area contributed by atoms with Crippen LogP contribution in [0.1, 0.15) is 28.9 Å². The Kier molecular flexibility index (Phi) is 5.45. The highest BCUT2D eigenvalue weighted by molar-refractivity contribution is 7.13. The maximum atomic E-state index is 12.6. The number of nitrogens with zero attached hydrogens (tertiary/aromatic N) is 1. The van der Waals surface area contributed by atoms with Crippen LogP contribution in [0.3, 0.4) is 0 Å². The number of rotatable bonds is 5. The Morgan fingerprint density at radius 1 is 1.44 bits per heavy atom. The summed E-state index contributed by atoms with van der Waals surface area (Å²) in [6, 6.07) is 6.14. The molecule has 3 rings (SSSR count). The fourth-order valence-corrected chi connectivity index (χ4v) is 3.71. The first kappa shape index (κ1) is 17.6. The molecule has 1 saturated heterocycles. The Morgan fingerprint density at radius 3 is 2.92 bits per heavy atom. The largest absolute Gasteiger partial charge is 0.480 e. The molecule has 2 atom stereocenters. The van der Waals surface area contributed by atoms with Crippen LogP contribution in [0.15, 0.2) is 29.6 Å². The number of aliphatic carboxylic acids is 1. The molecule has 0 spiro atoms. The van der Waals surface area contributed by atoms with Gasteiger partial charge >= 0.3 is 5.97 Å². The second-order valence-electron chi connectivity index (χ2n) is 6.14. The molecule has 1 fully saturated rings. The Balaban J connectivity index is 1.76. The molecule has 0 bridgehead atoms. The summed E-state index contributed by atoms with van der Waals surface area (Å²) in [5.41, 5.74) is 2.20. The topological polar surface area (TPSA) is 88.5 Å². The molecule has 0 saturated carbocycles. The van der Waals surface area contributed by atoms with E-state index in [1.54, 1.807) is 18.2 Å². The van der Waals surface area contributed by atoms with E-state index in [1.165, 1.54) is 11.3 Å². The van der Waals surface area contributed by atoms with Gasteiger partial charge in [0.2, 0.25) is 0 Å². The third kappa shape index (κ3) is 4.24. The van der Waals surface area contributed by atoms with Crippen LogP contribution < -0.4 is 5.32 Å². The summed E-state index contributed by atoms with van der Waals surface area (Å²) in [6.07, 6.45) is 1.54. The minimum atomic E-state index is -1.03. The summed E-state index contributed by atoms with van der Waals surface area (Å²) >= 11 is 1.51. The van der Waals surface area contributed by atoms with Gasteiger partial charge in [-0.2, -0.15) is 0 Å². The van der Waals surface area contributed by atoms with Gasteiger partial charge in [-0.05, 0) is 31.9 Å². The number of benzene rings is 1. The maximum Gasteiger partial charge on any atom is 0.326 e. The lowest BCUT2D eigenvalue weighted by atomic mass is 9.93. The van der Waals surface area contributed by atoms with E-state index in [1.807, 2.05) is 18.4 Å². The quantitative estimate of drug-likeness (QED) is 0.856. The van der Waals surface area contributed by atoms with Crippen molar-refractivity contribution in [2.45, 2.75) is 25.8 Å². The Labute approximate surface area is 149 Å². The smallest absolute Gasteiger partial charge is 0.326 e. The molecule has 1 aliphatic heterocycles. The van der Waals surface area contributed by atoms with E-state index in [0.717, 1.165) is 29.1 Å². The van der Waals surface area contributed by atoms with Crippen LogP contribution in [0.4, 0.5) is 0 Å². The molecule has 2 unspecified atom stereocenters. The van der Waals surface area contributed by atoms with Gasteiger partial charge in [0.25, 0.3) is 5.91 Å². The van der Waals surface area contributed by atoms with Gasteiger partial charge in [-0.3, -0.25) is 4.79 Å². The van der Waals surface area contributed by atoms with E-state index < -0.39 is 17.9 Å². The Hall–Kier alpha value is -2.25. The third-order valence-corrected chi connectivity index (χ3v) is 5.22. The average Bonchev–Trinajstić information content (AvgIpc) is 3.06. The van der Waals surface area contributed by atoms with Crippen LogP contribution in [0.5, 0.6) is 0 Å². The zero-order valence-electron chi connectivity index (χ0n) is 13.9. The summed E-state index contributed by atoms with van der Waals surface area (Å²) < 4.78 is 5.36. The maximum absolute atomic E-state index is 12.6. The highest BCUT2D eigenvalue weighted by Gasteiger charge is 2.31. The number of carbonyl (C=O) groups is 2. The number of nitrogens with one attached hydrogen (secondary N) is 1. The summed E-state index contributed by atoms with van der Waals surface area (Å²) in [5.74, 6) is -1.64. The average molecular weight is 360 g/mol. The molecule has 1 aromatic carbocycles. The van der Waals surface area contributed by atoms with Crippen molar-refractivity contribution < 1.29 is 19.4 Å². The first-order valence-corrected chi connectivity index (χ1v) is 9.06. The molecule has 0 radical (unpaired) electrons. The van der Waals surface area contributed by atoms with Crippen LogP contribution in [0.2, 0.25) is 0 Å². The van der Waals surface area contributed by atoms with Crippen molar-refractivity contribution in [1.82, 2.24) is 10.3 Å². The van der Waals surface area contributed by atoms with Crippen molar-refractivity contribution in [3.63, 3.8) is 0 Å². The second-order valence-corrected chi connectivity index (χ2v) is 7.00. The number of carboxylic acids is 1. The summed E-state index contributed by atoms with van der Waals surface area (Å²) in [5, 5.41) is 14.9. The minimum Gasteiger partial charge on any atom is -0.480 e. The normalized spacial score (nSPS) is 18.5. The van der Waals surface area contributed by atoms with Crippen LogP contribution in [0.25, 0.3) is 10.6 Å². The number of amides is 1. The Bertz CT molecular complexity index is 768. The second kappa shape index (κ2) is 7.76. The van der Waals surface area contributed by atoms with Gasteiger partial charge in [0, 0.05) is 34.7 Å². The first-order chi connectivity index (χ1) is 12.0. The highest BCUT2D eigenvalue weighted by Crippen LogP contribution is 2.24. The van der Waals surface area contributed by atoms with Crippen molar-refractivity contribution >= 4 is 23.2 Å². The molecule has 25 heavy (non-hydrogen) atoms. The lowest BCUT2D eigenvalue weighted by Crippen LogP contribution is -2.48. The fourth-order valence-electron chi connectivity index (χ4n) is 2.91. The van der Waals surface area contributed by atoms with E-state index in [9.17, 15) is 14.7 Å². The molecule has 1 aliphatic rings. The molecule has 1 aromatic heterocycles. The molecular weight excluding hydrogens is 340 g/mol. The first-order valence-electron chi connectivity index (χ1n) is 8.18. The van der Waals surface area contributed by atoms with E-state index >= 15 is 0 Å². The molecule has 0 aliphatic carbocycles. The minimum absolute atomic E-state index is 0.208. The van der Waals surface area contributed by atoms with Crippen molar-refractivity contribution in [2.24, 2.45) is 5.92 Å². The molecule has 2 heterocycles. The monoisotopic (exact) mass is 360 g/mol. The van der Waals surface area contributed by atoms with Crippen molar-refractivity contribution in [1.29, 1.82) is 0 Å². The van der Waals surface area contributed by atoms with Gasteiger partial charge in [0.1, 0.15) is 11.0 Å². The number of carboxylic acid groups (broad SMARTS) is 1. The molecule has 7 heteroatoms. The van der Waals surface area contributed by atoms with Gasteiger partial charge in [-0.1, -0.05) is 12.1 Å². The van der Waals surface area contributed by atoms with Crippen LogP contribution >= 0.6 is 11.3 Å². The Morgan fingerprint density at radius 2 is 2.28 bits per heavy atom. The third-order valence-electron chi connectivity index (χ3n) is 4.21. The van der Waals surface area contributed by atoms with Gasteiger partial charge in [-0.15, -0.1) is 11.3 Å². The van der Waals surface area contributed by atoms with E-state index in [0.29, 0.717) is 18.8 Å². The number of carbonyl (C=O) groups excluding carboxylic acids is 1. The van der Waals surface area contributed by atoms with Crippen LogP contribution in [-0.2, 0) is 9.53 Å². The van der Waals surface area contributed by atoms with Gasteiger partial charge in [0.05, 0.1) is 6.61 Å². The highest BCUT2D eigenvalue weighted by atomic mass is 32.1. The van der Waals surface area contributed by atoms with E-state index in [4.69, 9.17) is 4.74 Å². The van der Waals surface area contributed by atoms with E-state index in [-0.39, 0.29) is 5.92 Å². The summed E-state index contributed by atoms with van der Waals surface area (Å²) in [6.45, 7) is 2.92. The summed E-state index contributed by atoms with van der Waals surface area (Å²) in [7, 11) is 0. The van der Waals surface area contributed by atoms with Crippen molar-refractivity contribution in [2.75, 3.05) is 13.2 Å². The number of aromatic nitrogens is 1. The zero-order valence-corrected chi connectivity index (χ0v) is 14.7. The number of thiazole rings is 1. The van der Waals surface area contributed by atoms with Crippen molar-refractivity contribution in [3.05, 3.63) is 40.9 Å². The standard InChI is InChI=1S/C18H20N2O4S/c1-11-10-25-17(19-11)13-5-2-4-12(8-13)16(21)20-15(18(22)23)14-6-3-7-24-9-14/h2,4-5,8,10,14-15H,3,6-7,9H2,1H3,(H,20,21)(H,22,23). The van der Waals surface area contributed by atoms with Crippen LogP contribution in [-0.4, -0.2) is 41.2 Å². The molecule has 6 nitrogen and oxygen atoms in total. The SMILES string of the molecule is Cc1csc(-c2cccc(C(=O)NC(C(=O)O)C3CCCOC3)c2)n1. The molecule has 132 valence electrons. The lowest BCUT2D eigenvalue weighted by Gasteiger charge is -2.28. The van der Waals surface area contributed by atoms with Gasteiger partial charge < -0.3 is 15.2 Å². The summed E-state index contributed by atoms with van der Waals surface area (Å²) in [4.78, 5) is 28.6. The van der Waals surface area contributed by atoms with Gasteiger partial charge in [-0.25, -0.2) is 9.78 Å². The van der Waals surface area contributed by atoms with Crippen molar-refractivity contribution in [3.8, 4) is 10.6 Å². The zero-order chi connectivity index (χ0) is 17.8. The predicted molar refractivity (Wildman–Crippen MR) is 94.7 cm³/mol. The molecule has 1 amide bonds. The number of hydrogen-bond donors (Lipinski definition) is 2. The molecule has 2 N–H and O–H groups in total. The molecular formula is C18H20N2O4S. The van der Waals surface area contributed by atoms with Gasteiger partial charge in [0.15, 0.2) is 0 Å². The fraction of sp³-hybridized carbons (Fsp3) is 0.389. The lowest BCUT2D eigenvalue weighted by molar-refractivity contribution is -0.142. The number of hydrogen-bond acceptors (Lipinski definition) is 5. The van der Waals surface area contributed by atoms with Crippen LogP contribution in [0, 0.1) is 12.8 Å². The number of aryl methyl sites for hydroxylation is 1. The van der Waals surface area contributed by atoms with E-state index in [2.05, 4.69) is 10.3 Å². The number of ether oxygens (including phenoxy) is 1.